The van der Waals surface area contributed by atoms with Gasteiger partial charge in [-0.05, 0) is 29.7 Å². The van der Waals surface area contributed by atoms with Gasteiger partial charge in [0.05, 0.1) is 5.39 Å². The Morgan fingerprint density at radius 2 is 2.07 bits per heavy atom. The van der Waals surface area contributed by atoms with Gasteiger partial charge in [0.15, 0.2) is 0 Å². The molecule has 2 rings (SSSR count). The van der Waals surface area contributed by atoms with Crippen LogP contribution < -0.4 is 5.63 Å². The zero-order valence-corrected chi connectivity index (χ0v) is 7.36. The van der Waals surface area contributed by atoms with Crippen LogP contribution in [0.1, 0.15) is 10.6 Å². The Bertz CT molecular complexity index is 600. The third-order valence-corrected chi connectivity index (χ3v) is 1.93. The molecule has 0 aliphatic carbocycles. The number of hydrogen-bond acceptors (Lipinski definition) is 3. The summed E-state index contributed by atoms with van der Waals surface area (Å²) >= 11 is 0. The van der Waals surface area contributed by atoms with Crippen molar-refractivity contribution in [3.8, 4) is 0 Å². The lowest BCUT2D eigenvalue weighted by molar-refractivity contribution is 0.0658. The van der Waals surface area contributed by atoms with Crippen molar-refractivity contribution in [3.05, 3.63) is 46.3 Å². The number of aromatic carboxylic acids is 1. The van der Waals surface area contributed by atoms with E-state index in [4.69, 9.17) is 5.11 Å². The average Bonchev–Trinajstić information content (AvgIpc) is 2.16. The molecule has 1 aromatic heterocycles. The molecule has 0 saturated carbocycles. The van der Waals surface area contributed by atoms with Gasteiger partial charge in [-0.1, -0.05) is 0 Å². The van der Waals surface area contributed by atoms with Crippen LogP contribution in [0.4, 0.5) is 4.39 Å². The summed E-state index contributed by atoms with van der Waals surface area (Å²) in [4.78, 5) is 21.8. The maximum absolute atomic E-state index is 12.8. The number of carboxylic acid groups (broad SMARTS) is 1. The molecule has 0 radical (unpaired) electrons. The average molecular weight is 208 g/mol. The van der Waals surface area contributed by atoms with Crippen molar-refractivity contribution in [1.82, 2.24) is 0 Å². The minimum absolute atomic E-state index is 0.154. The number of rotatable bonds is 1. The van der Waals surface area contributed by atoms with Crippen LogP contribution in [-0.4, -0.2) is 11.1 Å². The van der Waals surface area contributed by atoms with Crippen molar-refractivity contribution < 1.29 is 18.7 Å². The Morgan fingerprint density at radius 1 is 1.33 bits per heavy atom. The third kappa shape index (κ3) is 1.59. The maximum Gasteiger partial charge on any atom is 0.371 e. The normalized spacial score (nSPS) is 10.5. The summed E-state index contributed by atoms with van der Waals surface area (Å²) in [5, 5.41) is 8.98. The van der Waals surface area contributed by atoms with E-state index in [9.17, 15) is 14.0 Å². The van der Waals surface area contributed by atoms with Gasteiger partial charge in [0, 0.05) is 0 Å². The summed E-state index contributed by atoms with van der Waals surface area (Å²) < 4.78 is 17.3. The molecule has 0 unspecified atom stereocenters. The molecule has 0 saturated heterocycles. The summed E-state index contributed by atoms with van der Waals surface area (Å²) in [6.07, 6.45) is 0. The Balaban J connectivity index is 2.85. The van der Waals surface area contributed by atoms with Crippen molar-refractivity contribution in [3.63, 3.8) is 0 Å². The van der Waals surface area contributed by atoms with Crippen LogP contribution in [0.2, 0.25) is 0 Å². The van der Waals surface area contributed by atoms with Crippen molar-refractivity contribution in [1.29, 1.82) is 0 Å². The van der Waals surface area contributed by atoms with Crippen molar-refractivity contribution >= 4 is 16.7 Å². The van der Waals surface area contributed by atoms with Gasteiger partial charge in [0.2, 0.25) is 5.76 Å². The molecule has 1 aromatic carbocycles. The van der Waals surface area contributed by atoms with E-state index < -0.39 is 23.2 Å². The monoisotopic (exact) mass is 208 g/mol. The molecular weight excluding hydrogens is 203 g/mol. The predicted molar refractivity (Wildman–Crippen MR) is 49.4 cm³/mol. The second-order valence-corrected chi connectivity index (χ2v) is 2.93. The molecule has 0 spiro atoms. The standard InChI is InChI=1S/C10H5FO4/c11-6-1-2-7-5(3-6)4-8(9(12)13)15-10(7)14/h1-4H,(H,12,13). The fraction of sp³-hybridized carbons (Fsp3) is 0. The molecule has 1 N–H and O–H groups in total. The second kappa shape index (κ2) is 3.20. The summed E-state index contributed by atoms with van der Waals surface area (Å²) in [5.41, 5.74) is -0.787. The zero-order chi connectivity index (χ0) is 11.0. The fourth-order valence-corrected chi connectivity index (χ4v) is 1.27. The van der Waals surface area contributed by atoms with Crippen LogP contribution in [0.25, 0.3) is 10.8 Å². The molecule has 2 aromatic rings. The van der Waals surface area contributed by atoms with E-state index >= 15 is 0 Å². The molecule has 0 aliphatic rings. The molecule has 5 heteroatoms. The Kier molecular flexibility index (Phi) is 2.00. The predicted octanol–water partition coefficient (Wildman–Crippen LogP) is 1.63. The van der Waals surface area contributed by atoms with E-state index in [1.54, 1.807) is 0 Å². The van der Waals surface area contributed by atoms with Crippen LogP contribution in [-0.2, 0) is 0 Å². The molecule has 0 bridgehead atoms. The highest BCUT2D eigenvalue weighted by atomic mass is 19.1. The molecule has 1 heterocycles. The molecule has 76 valence electrons. The number of carbonyl (C=O) groups is 1. The van der Waals surface area contributed by atoms with E-state index in [0.29, 0.717) is 0 Å². The third-order valence-electron chi connectivity index (χ3n) is 1.93. The van der Waals surface area contributed by atoms with Gasteiger partial charge in [0.1, 0.15) is 5.82 Å². The first-order valence-electron chi connectivity index (χ1n) is 4.04. The van der Waals surface area contributed by atoms with E-state index in [1.165, 1.54) is 6.07 Å². The van der Waals surface area contributed by atoms with Crippen molar-refractivity contribution in [2.24, 2.45) is 0 Å². The summed E-state index contributed by atoms with van der Waals surface area (Å²) in [7, 11) is 0. The highest BCUT2D eigenvalue weighted by molar-refractivity contribution is 5.90. The molecule has 4 nitrogen and oxygen atoms in total. The quantitative estimate of drug-likeness (QED) is 0.773. The van der Waals surface area contributed by atoms with Crippen molar-refractivity contribution in [2.75, 3.05) is 0 Å². The first kappa shape index (κ1) is 9.39. The summed E-state index contributed by atoms with van der Waals surface area (Å²) in [5.74, 6) is -2.40. The molecular formula is C10H5FO4. The highest BCUT2D eigenvalue weighted by Gasteiger charge is 2.10. The first-order chi connectivity index (χ1) is 7.08. The fourth-order valence-electron chi connectivity index (χ4n) is 1.27. The minimum atomic E-state index is -1.36. The van der Waals surface area contributed by atoms with Gasteiger partial charge >= 0.3 is 11.6 Å². The van der Waals surface area contributed by atoms with Gasteiger partial charge in [0.25, 0.3) is 0 Å². The zero-order valence-electron chi connectivity index (χ0n) is 7.36. The number of hydrogen-bond donors (Lipinski definition) is 1. The Labute approximate surface area is 82.6 Å². The highest BCUT2D eigenvalue weighted by Crippen LogP contribution is 2.13. The first-order valence-corrected chi connectivity index (χ1v) is 4.04. The van der Waals surface area contributed by atoms with Gasteiger partial charge in [-0.2, -0.15) is 0 Å². The van der Waals surface area contributed by atoms with Crippen LogP contribution in [0.3, 0.4) is 0 Å². The van der Waals surface area contributed by atoms with Gasteiger partial charge in [-0.3, -0.25) is 0 Å². The van der Waals surface area contributed by atoms with Gasteiger partial charge in [-0.15, -0.1) is 0 Å². The minimum Gasteiger partial charge on any atom is -0.475 e. The van der Waals surface area contributed by atoms with E-state index in [1.807, 2.05) is 0 Å². The lowest BCUT2D eigenvalue weighted by atomic mass is 10.1. The van der Waals surface area contributed by atoms with E-state index in [0.717, 1.165) is 18.2 Å². The summed E-state index contributed by atoms with van der Waals surface area (Å²) in [6, 6.07) is 4.56. The van der Waals surface area contributed by atoms with Crippen LogP contribution >= 0.6 is 0 Å². The molecule has 0 amide bonds. The molecule has 0 atom stereocenters. The second-order valence-electron chi connectivity index (χ2n) is 2.93. The van der Waals surface area contributed by atoms with Gasteiger partial charge < -0.3 is 9.52 Å². The number of carboxylic acids is 1. The maximum atomic E-state index is 12.8. The molecule has 15 heavy (non-hydrogen) atoms. The molecule has 0 fully saturated rings. The Hall–Kier alpha value is -2.17. The number of fused-ring (bicyclic) bond motifs is 1. The van der Waals surface area contributed by atoms with Crippen LogP contribution in [0, 0.1) is 5.82 Å². The van der Waals surface area contributed by atoms with Crippen molar-refractivity contribution in [2.45, 2.75) is 0 Å². The SMILES string of the molecule is O=C(O)c1cc2cc(F)ccc2c(=O)o1. The molecule has 0 aliphatic heterocycles. The summed E-state index contributed by atoms with van der Waals surface area (Å²) in [6.45, 7) is 0. The Morgan fingerprint density at radius 3 is 2.73 bits per heavy atom. The van der Waals surface area contributed by atoms with Crippen LogP contribution in [0.5, 0.6) is 0 Å². The van der Waals surface area contributed by atoms with E-state index in [-0.39, 0.29) is 10.8 Å². The van der Waals surface area contributed by atoms with Gasteiger partial charge in [-0.25, -0.2) is 14.0 Å². The van der Waals surface area contributed by atoms with Crippen LogP contribution in [0.15, 0.2) is 33.5 Å². The lowest BCUT2D eigenvalue weighted by Gasteiger charge is -1.97. The lowest BCUT2D eigenvalue weighted by Crippen LogP contribution is -2.06. The topological polar surface area (TPSA) is 67.5 Å². The smallest absolute Gasteiger partial charge is 0.371 e. The number of benzene rings is 1. The number of halogens is 1. The van der Waals surface area contributed by atoms with E-state index in [2.05, 4.69) is 4.42 Å². The largest absolute Gasteiger partial charge is 0.475 e.